The number of benzene rings is 2. The first-order chi connectivity index (χ1) is 14.4. The van der Waals surface area contributed by atoms with Crippen LogP contribution in [0.15, 0.2) is 66.0 Å². The maximum atomic E-state index is 13.0. The molecule has 7 heteroatoms. The molecule has 2 heterocycles. The first-order valence-corrected chi connectivity index (χ1v) is 10.5. The van der Waals surface area contributed by atoms with Crippen molar-refractivity contribution in [2.24, 2.45) is 5.92 Å². The zero-order valence-electron chi connectivity index (χ0n) is 16.8. The molecule has 154 valence electrons. The molecule has 0 fully saturated rings. The zero-order chi connectivity index (χ0) is 21.4. The maximum absolute atomic E-state index is 13.0. The predicted octanol–water partition coefficient (Wildman–Crippen LogP) is 5.08. The van der Waals surface area contributed by atoms with E-state index in [4.69, 9.17) is 23.2 Å². The lowest BCUT2D eigenvalue weighted by Crippen LogP contribution is -2.40. The fraction of sp³-hybridized carbons (Fsp3) is 0.217. The molecule has 1 aliphatic heterocycles. The van der Waals surface area contributed by atoms with Gasteiger partial charge in [0.2, 0.25) is 0 Å². The monoisotopic (exact) mass is 440 g/mol. The average molecular weight is 441 g/mol. The largest absolute Gasteiger partial charge is 0.365 e. The van der Waals surface area contributed by atoms with Gasteiger partial charge in [0.25, 0.3) is 0 Å². The molecule has 5 nitrogen and oxygen atoms in total. The predicted molar refractivity (Wildman–Crippen MR) is 123 cm³/mol. The Morgan fingerprint density at radius 1 is 1.07 bits per heavy atom. The van der Waals surface area contributed by atoms with E-state index in [1.807, 2.05) is 48.5 Å². The Labute approximate surface area is 185 Å². The minimum atomic E-state index is -0.293. The van der Waals surface area contributed by atoms with Crippen LogP contribution in [0, 0.1) is 5.92 Å². The van der Waals surface area contributed by atoms with Gasteiger partial charge < -0.3 is 5.43 Å². The molecule has 0 saturated carbocycles. The van der Waals surface area contributed by atoms with Crippen LogP contribution in [-0.4, -0.2) is 20.5 Å². The van der Waals surface area contributed by atoms with Gasteiger partial charge in [0.1, 0.15) is 0 Å². The van der Waals surface area contributed by atoms with Crippen molar-refractivity contribution in [3.8, 4) is 0 Å². The summed E-state index contributed by atoms with van der Waals surface area (Å²) in [4.78, 5) is 13.0. The Morgan fingerprint density at radius 3 is 2.17 bits per heavy atom. The number of halogens is 2. The molecular weight excluding hydrogens is 419 g/mol. The van der Waals surface area contributed by atoms with Gasteiger partial charge in [-0.05, 0) is 46.9 Å². The number of aromatic nitrogens is 3. The van der Waals surface area contributed by atoms with Crippen LogP contribution in [0.5, 0.6) is 0 Å². The average Bonchev–Trinajstić information content (AvgIpc) is 3.02. The van der Waals surface area contributed by atoms with Crippen molar-refractivity contribution in [2.75, 3.05) is 5.43 Å². The highest BCUT2D eigenvalue weighted by atomic mass is 35.5. The van der Waals surface area contributed by atoms with Crippen molar-refractivity contribution in [1.82, 2.24) is 14.5 Å². The third-order valence-electron chi connectivity index (χ3n) is 4.97. The number of hydrogen-bond acceptors (Lipinski definition) is 3. The normalized spacial score (nSPS) is 15.8. The molecule has 1 atom stereocenters. The summed E-state index contributed by atoms with van der Waals surface area (Å²) in [6.45, 7) is 8.63. The summed E-state index contributed by atoms with van der Waals surface area (Å²) >= 11 is 12.2. The van der Waals surface area contributed by atoms with Crippen LogP contribution in [0.2, 0.25) is 10.0 Å². The third-order valence-corrected chi connectivity index (χ3v) is 5.48. The highest BCUT2D eigenvalue weighted by Gasteiger charge is 2.31. The van der Waals surface area contributed by atoms with E-state index >= 15 is 0 Å². The summed E-state index contributed by atoms with van der Waals surface area (Å²) in [5.41, 5.74) is 6.78. The van der Waals surface area contributed by atoms with Crippen LogP contribution in [0.3, 0.4) is 0 Å². The first kappa shape index (κ1) is 20.5. The molecule has 0 aliphatic carbocycles. The minimum Gasteiger partial charge on any atom is -0.308 e. The summed E-state index contributed by atoms with van der Waals surface area (Å²) in [5.74, 6) is 0.847. The lowest BCUT2D eigenvalue weighted by atomic mass is 9.88. The number of fused-ring (bicyclic) bond motifs is 1. The topological polar surface area (TPSA) is 51.9 Å². The number of nitrogens with zero attached hydrogens (tertiary/aromatic N) is 3. The molecule has 3 aromatic rings. The molecule has 1 aliphatic rings. The van der Waals surface area contributed by atoms with Gasteiger partial charge in [-0.15, -0.1) is 11.7 Å². The highest BCUT2D eigenvalue weighted by Crippen LogP contribution is 2.37. The summed E-state index contributed by atoms with van der Waals surface area (Å²) in [6.07, 6.45) is 1.79. The van der Waals surface area contributed by atoms with Crippen LogP contribution in [0.25, 0.3) is 11.1 Å². The van der Waals surface area contributed by atoms with E-state index in [1.54, 1.807) is 6.08 Å². The summed E-state index contributed by atoms with van der Waals surface area (Å²) in [7, 11) is 0. The molecule has 0 radical (unpaired) electrons. The van der Waals surface area contributed by atoms with Gasteiger partial charge in [-0.25, -0.2) is 9.48 Å². The third kappa shape index (κ3) is 3.71. The number of hydrogen-bond donors (Lipinski definition) is 1. The first-order valence-electron chi connectivity index (χ1n) is 9.74. The van der Waals surface area contributed by atoms with E-state index in [2.05, 4.69) is 31.0 Å². The fourth-order valence-electron chi connectivity index (χ4n) is 3.66. The molecule has 0 bridgehead atoms. The standard InChI is InChI=1S/C23H22Cl2N4O/c1-4-19-20(15-5-9-17(24)10-6-15)21(16-7-11-18(25)12-8-16)22-27-28(13-14(2)3)23(30)29(22)26-19/h4-12,14,19,26H,1,13H2,2-3H3. The van der Waals surface area contributed by atoms with Crippen molar-refractivity contribution in [1.29, 1.82) is 0 Å². The van der Waals surface area contributed by atoms with Crippen molar-refractivity contribution >= 4 is 34.3 Å². The minimum absolute atomic E-state index is 0.202. The Balaban J connectivity index is 2.03. The van der Waals surface area contributed by atoms with E-state index in [9.17, 15) is 4.79 Å². The van der Waals surface area contributed by atoms with Gasteiger partial charge in [-0.3, -0.25) is 0 Å². The summed E-state index contributed by atoms with van der Waals surface area (Å²) in [6, 6.07) is 14.9. The Hall–Kier alpha value is -2.76. The number of nitrogens with one attached hydrogen (secondary N) is 1. The van der Waals surface area contributed by atoms with Crippen molar-refractivity contribution in [3.63, 3.8) is 0 Å². The van der Waals surface area contributed by atoms with Crippen LogP contribution in [0.1, 0.15) is 30.8 Å². The lowest BCUT2D eigenvalue weighted by Gasteiger charge is -2.29. The van der Waals surface area contributed by atoms with Crippen molar-refractivity contribution < 1.29 is 0 Å². The van der Waals surface area contributed by atoms with Crippen LogP contribution in [0.4, 0.5) is 0 Å². The Morgan fingerprint density at radius 2 is 1.63 bits per heavy atom. The van der Waals surface area contributed by atoms with E-state index in [0.717, 1.165) is 22.3 Å². The maximum Gasteiger partial charge on any atom is 0.365 e. The van der Waals surface area contributed by atoms with Gasteiger partial charge in [0.05, 0.1) is 6.04 Å². The van der Waals surface area contributed by atoms with Crippen LogP contribution in [-0.2, 0) is 6.54 Å². The highest BCUT2D eigenvalue weighted by molar-refractivity contribution is 6.31. The molecule has 4 rings (SSSR count). The summed E-state index contributed by atoms with van der Waals surface area (Å²) < 4.78 is 3.02. The van der Waals surface area contributed by atoms with E-state index in [-0.39, 0.29) is 17.6 Å². The second-order valence-electron chi connectivity index (χ2n) is 7.66. The van der Waals surface area contributed by atoms with E-state index in [1.165, 1.54) is 9.36 Å². The molecule has 1 N–H and O–H groups in total. The second kappa shape index (κ2) is 8.17. The van der Waals surface area contributed by atoms with Gasteiger partial charge >= 0.3 is 5.69 Å². The Kier molecular flexibility index (Phi) is 5.58. The molecule has 0 spiro atoms. The zero-order valence-corrected chi connectivity index (χ0v) is 18.3. The molecule has 0 amide bonds. The lowest BCUT2D eigenvalue weighted by molar-refractivity contribution is 0.467. The van der Waals surface area contributed by atoms with Crippen molar-refractivity contribution in [3.05, 3.63) is 98.7 Å². The van der Waals surface area contributed by atoms with Gasteiger partial charge in [0, 0.05) is 22.2 Å². The Bertz CT molecular complexity index is 1170. The van der Waals surface area contributed by atoms with Crippen LogP contribution >= 0.6 is 23.2 Å². The quantitative estimate of drug-likeness (QED) is 0.562. The fourth-order valence-corrected chi connectivity index (χ4v) is 3.91. The molecule has 0 saturated heterocycles. The molecule has 1 unspecified atom stereocenters. The molecule has 1 aromatic heterocycles. The second-order valence-corrected chi connectivity index (χ2v) is 8.54. The van der Waals surface area contributed by atoms with Gasteiger partial charge in [-0.2, -0.15) is 4.68 Å². The van der Waals surface area contributed by atoms with Crippen LogP contribution < -0.4 is 11.1 Å². The molecule has 2 aromatic carbocycles. The van der Waals surface area contributed by atoms with Gasteiger partial charge in [-0.1, -0.05) is 67.4 Å². The molecule has 30 heavy (non-hydrogen) atoms. The van der Waals surface area contributed by atoms with E-state index in [0.29, 0.717) is 22.4 Å². The molecular formula is C23H22Cl2N4O. The smallest absolute Gasteiger partial charge is 0.308 e. The van der Waals surface area contributed by atoms with E-state index < -0.39 is 0 Å². The summed E-state index contributed by atoms with van der Waals surface area (Å²) in [5, 5.41) is 5.99. The van der Waals surface area contributed by atoms with Gasteiger partial charge in [0.15, 0.2) is 5.82 Å². The SMILES string of the molecule is C=CC1Nn2c(nn(CC(C)C)c2=O)C(c2ccc(Cl)cc2)=C1c1ccc(Cl)cc1. The van der Waals surface area contributed by atoms with Crippen molar-refractivity contribution in [2.45, 2.75) is 26.4 Å². The number of rotatable bonds is 5.